The Kier molecular flexibility index (Phi) is 3.57. The van der Waals surface area contributed by atoms with Crippen molar-refractivity contribution in [3.8, 4) is 5.75 Å². The number of hydrogen-bond donors (Lipinski definition) is 2. The molecule has 2 rings (SSSR count). The van der Waals surface area contributed by atoms with Gasteiger partial charge in [-0.25, -0.2) is 0 Å². The van der Waals surface area contributed by atoms with Gasteiger partial charge >= 0.3 is 0 Å². The van der Waals surface area contributed by atoms with Crippen LogP contribution in [0.4, 0.5) is 0 Å². The molecule has 0 radical (unpaired) electrons. The quantitative estimate of drug-likeness (QED) is 0.885. The SMILES string of the molecule is CC(C)(C)c1cc(CC(N)c2nnco2)ccc1O. The minimum Gasteiger partial charge on any atom is -0.508 e. The highest BCUT2D eigenvalue weighted by molar-refractivity contribution is 5.40. The number of nitrogens with two attached hydrogens (primary N) is 1. The summed E-state index contributed by atoms with van der Waals surface area (Å²) < 4.78 is 5.09. The van der Waals surface area contributed by atoms with E-state index in [-0.39, 0.29) is 11.5 Å². The fraction of sp³-hybridized carbons (Fsp3) is 0.429. The third-order valence-electron chi connectivity index (χ3n) is 3.02. The van der Waals surface area contributed by atoms with E-state index in [0.29, 0.717) is 18.1 Å². The van der Waals surface area contributed by atoms with Gasteiger partial charge in [0.1, 0.15) is 5.75 Å². The fourth-order valence-electron chi connectivity index (χ4n) is 2.00. The second-order valence-corrected chi connectivity index (χ2v) is 5.69. The third kappa shape index (κ3) is 3.12. The molecule has 1 atom stereocenters. The molecule has 1 aromatic heterocycles. The number of rotatable bonds is 3. The Hall–Kier alpha value is -1.88. The lowest BCUT2D eigenvalue weighted by atomic mass is 9.85. The lowest BCUT2D eigenvalue weighted by molar-refractivity contribution is 0.441. The van der Waals surface area contributed by atoms with Crippen LogP contribution in [0, 0.1) is 0 Å². The predicted octanol–water partition coefficient (Wildman–Crippen LogP) is 2.32. The average molecular weight is 261 g/mol. The van der Waals surface area contributed by atoms with Crippen molar-refractivity contribution in [1.29, 1.82) is 0 Å². The summed E-state index contributed by atoms with van der Waals surface area (Å²) in [6.45, 7) is 6.18. The molecule has 5 heteroatoms. The molecule has 0 aliphatic rings. The Morgan fingerprint density at radius 1 is 1.37 bits per heavy atom. The number of nitrogens with zero attached hydrogens (tertiary/aromatic N) is 2. The normalized spacial score (nSPS) is 13.5. The van der Waals surface area contributed by atoms with E-state index in [1.165, 1.54) is 6.39 Å². The van der Waals surface area contributed by atoms with Crippen LogP contribution in [-0.2, 0) is 11.8 Å². The van der Waals surface area contributed by atoms with Crippen LogP contribution in [0.15, 0.2) is 29.0 Å². The van der Waals surface area contributed by atoms with Gasteiger partial charge in [0.25, 0.3) is 0 Å². The van der Waals surface area contributed by atoms with Gasteiger partial charge in [0, 0.05) is 0 Å². The molecule has 0 aliphatic heterocycles. The van der Waals surface area contributed by atoms with Crippen LogP contribution in [0.1, 0.15) is 43.8 Å². The first kappa shape index (κ1) is 13.5. The molecular weight excluding hydrogens is 242 g/mol. The average Bonchev–Trinajstić information content (AvgIpc) is 2.83. The van der Waals surface area contributed by atoms with Crippen molar-refractivity contribution in [3.05, 3.63) is 41.6 Å². The molecule has 1 aromatic carbocycles. The Morgan fingerprint density at radius 2 is 2.11 bits per heavy atom. The van der Waals surface area contributed by atoms with Gasteiger partial charge in [0.05, 0.1) is 6.04 Å². The molecule has 102 valence electrons. The van der Waals surface area contributed by atoms with Crippen molar-refractivity contribution >= 4 is 0 Å². The van der Waals surface area contributed by atoms with Crippen LogP contribution in [-0.4, -0.2) is 15.3 Å². The molecule has 5 nitrogen and oxygen atoms in total. The zero-order chi connectivity index (χ0) is 14.0. The van der Waals surface area contributed by atoms with E-state index in [9.17, 15) is 5.11 Å². The van der Waals surface area contributed by atoms with Crippen molar-refractivity contribution in [2.45, 2.75) is 38.6 Å². The van der Waals surface area contributed by atoms with Gasteiger partial charge in [0.15, 0.2) is 0 Å². The summed E-state index contributed by atoms with van der Waals surface area (Å²) >= 11 is 0. The number of benzene rings is 1. The summed E-state index contributed by atoms with van der Waals surface area (Å²) in [6, 6.07) is 5.21. The topological polar surface area (TPSA) is 85.2 Å². The smallest absolute Gasteiger partial charge is 0.233 e. The fourth-order valence-corrected chi connectivity index (χ4v) is 2.00. The van der Waals surface area contributed by atoms with E-state index in [4.69, 9.17) is 10.2 Å². The van der Waals surface area contributed by atoms with Gasteiger partial charge in [-0.05, 0) is 29.0 Å². The number of aromatic nitrogens is 2. The van der Waals surface area contributed by atoms with Gasteiger partial charge in [-0.15, -0.1) is 10.2 Å². The Balaban J connectivity index is 2.22. The number of hydrogen-bond acceptors (Lipinski definition) is 5. The van der Waals surface area contributed by atoms with Gasteiger partial charge in [-0.3, -0.25) is 0 Å². The van der Waals surface area contributed by atoms with Gasteiger partial charge in [-0.1, -0.05) is 32.9 Å². The molecule has 0 saturated heterocycles. The van der Waals surface area contributed by atoms with E-state index < -0.39 is 0 Å². The van der Waals surface area contributed by atoms with E-state index in [0.717, 1.165) is 11.1 Å². The highest BCUT2D eigenvalue weighted by atomic mass is 16.4. The van der Waals surface area contributed by atoms with Crippen LogP contribution in [0.3, 0.4) is 0 Å². The van der Waals surface area contributed by atoms with Crippen LogP contribution in [0.2, 0.25) is 0 Å². The lowest BCUT2D eigenvalue weighted by Crippen LogP contribution is -2.15. The third-order valence-corrected chi connectivity index (χ3v) is 3.02. The standard InChI is InChI=1S/C14H19N3O2/c1-14(2,3)10-6-9(4-5-12(10)18)7-11(15)13-17-16-8-19-13/h4-6,8,11,18H,7,15H2,1-3H3. The summed E-state index contributed by atoms with van der Waals surface area (Å²) in [7, 11) is 0. The first-order valence-electron chi connectivity index (χ1n) is 6.22. The van der Waals surface area contributed by atoms with Crippen LogP contribution >= 0.6 is 0 Å². The van der Waals surface area contributed by atoms with Crippen LogP contribution < -0.4 is 5.73 Å². The molecule has 0 amide bonds. The summed E-state index contributed by atoms with van der Waals surface area (Å²) in [5, 5.41) is 17.3. The zero-order valence-electron chi connectivity index (χ0n) is 11.4. The summed E-state index contributed by atoms with van der Waals surface area (Å²) in [5.41, 5.74) is 7.83. The monoisotopic (exact) mass is 261 g/mol. The molecule has 1 heterocycles. The van der Waals surface area contributed by atoms with Crippen molar-refractivity contribution < 1.29 is 9.52 Å². The van der Waals surface area contributed by atoms with E-state index in [1.807, 2.05) is 12.1 Å². The molecule has 1 unspecified atom stereocenters. The minimum atomic E-state index is -0.333. The lowest BCUT2D eigenvalue weighted by Gasteiger charge is -2.21. The maximum atomic E-state index is 9.92. The molecular formula is C14H19N3O2. The second-order valence-electron chi connectivity index (χ2n) is 5.69. The Bertz CT molecular complexity index is 544. The largest absolute Gasteiger partial charge is 0.508 e. The minimum absolute atomic E-state index is 0.116. The first-order valence-corrected chi connectivity index (χ1v) is 6.22. The second kappa shape index (κ2) is 5.01. The number of phenolic OH excluding ortho intramolecular Hbond substituents is 1. The predicted molar refractivity (Wildman–Crippen MR) is 71.7 cm³/mol. The summed E-state index contributed by atoms with van der Waals surface area (Å²) in [4.78, 5) is 0. The molecule has 0 bridgehead atoms. The molecule has 0 spiro atoms. The molecule has 2 aromatic rings. The van der Waals surface area contributed by atoms with Crippen LogP contribution in [0.25, 0.3) is 0 Å². The van der Waals surface area contributed by atoms with Crippen molar-refractivity contribution in [1.82, 2.24) is 10.2 Å². The maximum Gasteiger partial charge on any atom is 0.233 e. The molecule has 0 aliphatic carbocycles. The highest BCUT2D eigenvalue weighted by Gasteiger charge is 2.19. The van der Waals surface area contributed by atoms with E-state index >= 15 is 0 Å². The maximum absolute atomic E-state index is 9.92. The Labute approximate surface area is 112 Å². The number of phenols is 1. The van der Waals surface area contributed by atoms with Crippen molar-refractivity contribution in [3.63, 3.8) is 0 Å². The summed E-state index contributed by atoms with van der Waals surface area (Å²) in [6.07, 6.45) is 1.86. The zero-order valence-corrected chi connectivity index (χ0v) is 11.4. The highest BCUT2D eigenvalue weighted by Crippen LogP contribution is 2.31. The Morgan fingerprint density at radius 3 is 2.68 bits per heavy atom. The van der Waals surface area contributed by atoms with E-state index in [2.05, 4.69) is 31.0 Å². The van der Waals surface area contributed by atoms with Gasteiger partial charge in [0.2, 0.25) is 12.3 Å². The van der Waals surface area contributed by atoms with E-state index in [1.54, 1.807) is 6.07 Å². The first-order chi connectivity index (χ1) is 8.88. The van der Waals surface area contributed by atoms with Gasteiger partial charge in [-0.2, -0.15) is 0 Å². The van der Waals surface area contributed by atoms with Crippen LogP contribution in [0.5, 0.6) is 5.75 Å². The molecule has 0 saturated carbocycles. The van der Waals surface area contributed by atoms with Crippen molar-refractivity contribution in [2.75, 3.05) is 0 Å². The van der Waals surface area contributed by atoms with Gasteiger partial charge < -0.3 is 15.3 Å². The molecule has 3 N–H and O–H groups in total. The van der Waals surface area contributed by atoms with Crippen molar-refractivity contribution in [2.24, 2.45) is 5.73 Å². The summed E-state index contributed by atoms with van der Waals surface area (Å²) in [5.74, 6) is 0.730. The molecule has 0 fully saturated rings. The number of aromatic hydroxyl groups is 1. The molecule has 19 heavy (non-hydrogen) atoms.